The van der Waals surface area contributed by atoms with Crippen LogP contribution < -0.4 is 0 Å². The normalized spacial score (nSPS) is 20.7. The molecule has 0 aliphatic carbocycles. The summed E-state index contributed by atoms with van der Waals surface area (Å²) in [5.41, 5.74) is 0.887. The van der Waals surface area contributed by atoms with Gasteiger partial charge in [0.25, 0.3) is 0 Å². The predicted octanol–water partition coefficient (Wildman–Crippen LogP) is 3.08. The van der Waals surface area contributed by atoms with Crippen molar-refractivity contribution in [3.05, 3.63) is 39.9 Å². The summed E-state index contributed by atoms with van der Waals surface area (Å²) >= 11 is 1.75. The number of methoxy groups -OCH3 is 1. The van der Waals surface area contributed by atoms with Gasteiger partial charge in [-0.25, -0.2) is 0 Å². The van der Waals surface area contributed by atoms with E-state index in [0.717, 1.165) is 37.3 Å². The first-order valence-electron chi connectivity index (χ1n) is 8.41. The Labute approximate surface area is 146 Å². The highest BCUT2D eigenvalue weighted by atomic mass is 32.1. The van der Waals surface area contributed by atoms with Crippen molar-refractivity contribution in [2.24, 2.45) is 5.92 Å². The zero-order chi connectivity index (χ0) is 16.9. The van der Waals surface area contributed by atoms with Crippen LogP contribution >= 0.6 is 11.3 Å². The van der Waals surface area contributed by atoms with Crippen LogP contribution in [0.3, 0.4) is 0 Å². The van der Waals surface area contributed by atoms with E-state index in [0.29, 0.717) is 13.0 Å². The largest absolute Gasteiger partial charge is 0.379 e. The lowest BCUT2D eigenvalue weighted by Gasteiger charge is -2.15. The average Bonchev–Trinajstić information content (AvgIpc) is 3.29. The van der Waals surface area contributed by atoms with Crippen LogP contribution in [0.2, 0.25) is 0 Å². The highest BCUT2D eigenvalue weighted by molar-refractivity contribution is 7.09. The van der Waals surface area contributed by atoms with Crippen molar-refractivity contribution in [2.45, 2.75) is 38.7 Å². The van der Waals surface area contributed by atoms with Gasteiger partial charge >= 0.3 is 0 Å². The average molecular weight is 348 g/mol. The van der Waals surface area contributed by atoms with Gasteiger partial charge in [-0.3, -0.25) is 4.79 Å². The quantitative estimate of drug-likeness (QED) is 0.771. The van der Waals surface area contributed by atoms with Crippen molar-refractivity contribution in [3.8, 4) is 0 Å². The second-order valence-corrected chi connectivity index (χ2v) is 7.44. The molecule has 0 radical (unpaired) electrons. The van der Waals surface area contributed by atoms with Crippen molar-refractivity contribution in [2.75, 3.05) is 20.2 Å². The lowest BCUT2D eigenvalue weighted by molar-refractivity contribution is -0.130. The molecule has 1 aliphatic rings. The molecule has 2 aromatic heterocycles. The third-order valence-corrected chi connectivity index (χ3v) is 5.51. The fraction of sp³-hybridized carbons (Fsp3) is 0.556. The van der Waals surface area contributed by atoms with E-state index in [-0.39, 0.29) is 17.9 Å². The lowest BCUT2D eigenvalue weighted by atomic mass is 10.0. The molecule has 24 heavy (non-hydrogen) atoms. The summed E-state index contributed by atoms with van der Waals surface area (Å²) in [6.07, 6.45) is 3.31. The molecule has 3 rings (SSSR count). The van der Waals surface area contributed by atoms with Crippen LogP contribution in [0, 0.1) is 12.8 Å². The van der Waals surface area contributed by atoms with E-state index in [1.165, 1.54) is 4.88 Å². The number of hydrogen-bond acceptors (Lipinski definition) is 5. The molecule has 1 saturated heterocycles. The van der Waals surface area contributed by atoms with Gasteiger partial charge < -0.3 is 14.2 Å². The van der Waals surface area contributed by atoms with Gasteiger partial charge in [-0.1, -0.05) is 11.2 Å². The molecule has 0 spiro atoms. The molecule has 0 saturated carbocycles. The van der Waals surface area contributed by atoms with Crippen LogP contribution in [-0.2, 0) is 22.4 Å². The third kappa shape index (κ3) is 4.24. The maximum Gasteiger partial charge on any atom is 0.222 e. The summed E-state index contributed by atoms with van der Waals surface area (Å²) in [4.78, 5) is 15.8. The van der Waals surface area contributed by atoms with Crippen LogP contribution in [0.25, 0.3) is 0 Å². The Morgan fingerprint density at radius 1 is 1.50 bits per heavy atom. The van der Waals surface area contributed by atoms with Gasteiger partial charge in [0, 0.05) is 49.9 Å². The molecule has 130 valence electrons. The van der Waals surface area contributed by atoms with Gasteiger partial charge in [0.05, 0.1) is 11.8 Å². The molecular weight excluding hydrogens is 324 g/mol. The standard InChI is InChI=1S/C18H24N2O3S/c1-13-9-15(23-19-13)10-14-11-20(12-17(14)22-2)18(21)7-3-5-16-6-4-8-24-16/h4,6,8-9,14,17H,3,5,7,10-12H2,1-2H3/t14-,17+/m1/s1. The smallest absolute Gasteiger partial charge is 0.222 e. The van der Waals surface area contributed by atoms with Crippen LogP contribution in [0.15, 0.2) is 28.1 Å². The molecule has 2 aromatic rings. The molecule has 1 amide bonds. The number of rotatable bonds is 7. The summed E-state index contributed by atoms with van der Waals surface area (Å²) in [5, 5.41) is 6.01. The third-order valence-electron chi connectivity index (χ3n) is 4.57. The Morgan fingerprint density at radius 2 is 2.38 bits per heavy atom. The minimum absolute atomic E-state index is 0.0663. The van der Waals surface area contributed by atoms with E-state index < -0.39 is 0 Å². The van der Waals surface area contributed by atoms with E-state index in [1.54, 1.807) is 18.4 Å². The number of likely N-dealkylation sites (tertiary alicyclic amines) is 1. The second kappa shape index (κ2) is 7.94. The molecule has 2 atom stereocenters. The summed E-state index contributed by atoms with van der Waals surface area (Å²) in [6, 6.07) is 6.14. The van der Waals surface area contributed by atoms with Crippen molar-refractivity contribution >= 4 is 17.2 Å². The number of amides is 1. The number of aryl methyl sites for hydroxylation is 2. The second-order valence-electron chi connectivity index (χ2n) is 6.40. The monoisotopic (exact) mass is 348 g/mol. The van der Waals surface area contributed by atoms with Crippen LogP contribution in [0.5, 0.6) is 0 Å². The Bertz CT molecular complexity index is 653. The van der Waals surface area contributed by atoms with Gasteiger partial charge in [0.2, 0.25) is 5.91 Å². The minimum atomic E-state index is 0.0663. The fourth-order valence-corrected chi connectivity index (χ4v) is 4.06. The first-order valence-corrected chi connectivity index (χ1v) is 9.29. The molecule has 0 unspecified atom stereocenters. The van der Waals surface area contributed by atoms with E-state index in [1.807, 2.05) is 17.9 Å². The number of carbonyl (C=O) groups excluding carboxylic acids is 1. The number of carbonyl (C=O) groups is 1. The fourth-order valence-electron chi connectivity index (χ4n) is 3.31. The Hall–Kier alpha value is -1.66. The first-order chi connectivity index (χ1) is 11.7. The van der Waals surface area contributed by atoms with Crippen molar-refractivity contribution < 1.29 is 14.1 Å². The van der Waals surface area contributed by atoms with Gasteiger partial charge in [0.15, 0.2) is 0 Å². The number of hydrogen-bond donors (Lipinski definition) is 0. The Kier molecular flexibility index (Phi) is 5.68. The maximum absolute atomic E-state index is 12.5. The summed E-state index contributed by atoms with van der Waals surface area (Å²) in [6.45, 7) is 3.32. The molecular formula is C18H24N2O3S. The van der Waals surface area contributed by atoms with Crippen LogP contribution in [0.4, 0.5) is 0 Å². The van der Waals surface area contributed by atoms with Crippen molar-refractivity contribution in [1.82, 2.24) is 10.1 Å². The van der Waals surface area contributed by atoms with E-state index in [9.17, 15) is 4.79 Å². The molecule has 6 heteroatoms. The molecule has 1 fully saturated rings. The highest BCUT2D eigenvalue weighted by Crippen LogP contribution is 2.25. The Morgan fingerprint density at radius 3 is 3.04 bits per heavy atom. The minimum Gasteiger partial charge on any atom is -0.379 e. The molecule has 5 nitrogen and oxygen atoms in total. The highest BCUT2D eigenvalue weighted by Gasteiger charge is 2.35. The molecule has 0 aromatic carbocycles. The van der Waals surface area contributed by atoms with E-state index >= 15 is 0 Å². The Balaban J connectivity index is 1.50. The topological polar surface area (TPSA) is 55.6 Å². The van der Waals surface area contributed by atoms with Crippen molar-refractivity contribution in [3.63, 3.8) is 0 Å². The molecule has 3 heterocycles. The SMILES string of the molecule is CO[C@H]1CN(C(=O)CCCc2cccs2)C[C@H]1Cc1cc(C)no1. The molecule has 0 bridgehead atoms. The van der Waals surface area contributed by atoms with Gasteiger partial charge in [-0.15, -0.1) is 11.3 Å². The number of aromatic nitrogens is 1. The predicted molar refractivity (Wildman–Crippen MR) is 93.1 cm³/mol. The molecule has 1 aliphatic heterocycles. The van der Waals surface area contributed by atoms with Crippen LogP contribution in [-0.4, -0.2) is 42.3 Å². The van der Waals surface area contributed by atoms with Gasteiger partial charge in [-0.05, 0) is 31.2 Å². The van der Waals surface area contributed by atoms with E-state index in [2.05, 4.69) is 22.7 Å². The summed E-state index contributed by atoms with van der Waals surface area (Å²) < 4.78 is 10.9. The molecule has 0 N–H and O–H groups in total. The number of nitrogens with zero attached hydrogens (tertiary/aromatic N) is 2. The maximum atomic E-state index is 12.5. The van der Waals surface area contributed by atoms with Crippen molar-refractivity contribution in [1.29, 1.82) is 0 Å². The van der Waals surface area contributed by atoms with Crippen LogP contribution in [0.1, 0.15) is 29.2 Å². The zero-order valence-corrected chi connectivity index (χ0v) is 15.1. The number of thiophene rings is 1. The van der Waals surface area contributed by atoms with Gasteiger partial charge in [-0.2, -0.15) is 0 Å². The van der Waals surface area contributed by atoms with E-state index in [4.69, 9.17) is 9.26 Å². The number of ether oxygens (including phenoxy) is 1. The zero-order valence-electron chi connectivity index (χ0n) is 14.2. The summed E-state index contributed by atoms with van der Waals surface area (Å²) in [7, 11) is 1.72. The van der Waals surface area contributed by atoms with Gasteiger partial charge in [0.1, 0.15) is 5.76 Å². The first kappa shape index (κ1) is 17.2. The summed E-state index contributed by atoms with van der Waals surface area (Å²) in [5.74, 6) is 1.36. The lowest BCUT2D eigenvalue weighted by Crippen LogP contribution is -2.29.